The van der Waals surface area contributed by atoms with Crippen LogP contribution in [0.3, 0.4) is 0 Å². The monoisotopic (exact) mass is 281 g/mol. The average molecular weight is 281 g/mol. The fourth-order valence-corrected chi connectivity index (χ4v) is 3.57. The van der Waals surface area contributed by atoms with E-state index in [2.05, 4.69) is 0 Å². The van der Waals surface area contributed by atoms with Gasteiger partial charge in [-0.2, -0.15) is 0 Å². The van der Waals surface area contributed by atoms with E-state index >= 15 is 0 Å². The van der Waals surface area contributed by atoms with Gasteiger partial charge in [-0.1, -0.05) is 6.42 Å². The van der Waals surface area contributed by atoms with Crippen molar-refractivity contribution in [3.8, 4) is 0 Å². The summed E-state index contributed by atoms with van der Waals surface area (Å²) >= 11 is 0. The van der Waals surface area contributed by atoms with Crippen molar-refractivity contribution in [2.75, 3.05) is 19.8 Å². The molecule has 3 fully saturated rings. The first-order valence-corrected chi connectivity index (χ1v) is 7.78. The number of hydrogen-bond donors (Lipinski definition) is 1. The van der Waals surface area contributed by atoms with E-state index in [0.717, 1.165) is 51.9 Å². The molecule has 2 aliphatic carbocycles. The third-order valence-electron chi connectivity index (χ3n) is 4.90. The predicted octanol–water partition coefficient (Wildman–Crippen LogP) is 1.51. The molecule has 3 rings (SSSR count). The molecule has 0 spiro atoms. The van der Waals surface area contributed by atoms with Crippen molar-refractivity contribution in [1.29, 1.82) is 0 Å². The highest BCUT2D eigenvalue weighted by molar-refractivity contribution is 5.85. The van der Waals surface area contributed by atoms with E-state index in [9.17, 15) is 14.7 Å². The highest BCUT2D eigenvalue weighted by Crippen LogP contribution is 2.37. The minimum absolute atomic E-state index is 0.0873. The zero-order chi connectivity index (χ0) is 14.1. The Morgan fingerprint density at radius 3 is 2.45 bits per heavy atom. The largest absolute Gasteiger partial charge is 0.481 e. The summed E-state index contributed by atoms with van der Waals surface area (Å²) in [5.74, 6) is -1.05. The number of carboxylic acids is 1. The van der Waals surface area contributed by atoms with Gasteiger partial charge in [-0.3, -0.25) is 9.59 Å². The second kappa shape index (κ2) is 5.72. The number of ether oxygens (including phenoxy) is 1. The van der Waals surface area contributed by atoms with Gasteiger partial charge in [0.1, 0.15) is 0 Å². The van der Waals surface area contributed by atoms with Crippen LogP contribution in [0.4, 0.5) is 0 Å². The normalized spacial score (nSPS) is 33.3. The third-order valence-corrected chi connectivity index (χ3v) is 4.90. The van der Waals surface area contributed by atoms with Crippen molar-refractivity contribution >= 4 is 11.9 Å². The molecule has 112 valence electrons. The van der Waals surface area contributed by atoms with Crippen LogP contribution in [0, 0.1) is 17.8 Å². The quantitative estimate of drug-likeness (QED) is 0.829. The van der Waals surface area contributed by atoms with Crippen LogP contribution in [0.25, 0.3) is 0 Å². The van der Waals surface area contributed by atoms with Crippen LogP contribution in [0.2, 0.25) is 0 Å². The first-order chi connectivity index (χ1) is 9.66. The lowest BCUT2D eigenvalue weighted by Crippen LogP contribution is -2.43. The molecule has 20 heavy (non-hydrogen) atoms. The summed E-state index contributed by atoms with van der Waals surface area (Å²) in [5, 5.41) is 9.26. The van der Waals surface area contributed by atoms with Crippen LogP contribution in [0.5, 0.6) is 0 Å². The molecule has 0 aromatic carbocycles. The number of amides is 1. The Kier molecular flexibility index (Phi) is 3.96. The number of rotatable bonds is 5. The van der Waals surface area contributed by atoms with Gasteiger partial charge in [0.15, 0.2) is 0 Å². The van der Waals surface area contributed by atoms with Crippen LogP contribution >= 0.6 is 0 Å². The SMILES string of the molecule is O=C(O)C1CCCC1C(=O)N(CC1CCOC1)C1CC1. The van der Waals surface area contributed by atoms with Gasteiger partial charge >= 0.3 is 5.97 Å². The maximum atomic E-state index is 12.8. The lowest BCUT2D eigenvalue weighted by Gasteiger charge is -2.29. The highest BCUT2D eigenvalue weighted by atomic mass is 16.5. The van der Waals surface area contributed by atoms with E-state index in [1.807, 2.05) is 4.90 Å². The van der Waals surface area contributed by atoms with Crippen molar-refractivity contribution in [3.05, 3.63) is 0 Å². The second-order valence-electron chi connectivity index (χ2n) is 6.43. The van der Waals surface area contributed by atoms with Crippen LogP contribution in [-0.4, -0.2) is 47.7 Å². The number of hydrogen-bond acceptors (Lipinski definition) is 3. The van der Waals surface area contributed by atoms with E-state index in [0.29, 0.717) is 18.4 Å². The Bertz CT molecular complexity index is 387. The molecule has 5 heteroatoms. The summed E-state index contributed by atoms with van der Waals surface area (Å²) in [4.78, 5) is 26.0. The third kappa shape index (κ3) is 2.82. The molecular weight excluding hydrogens is 258 g/mol. The first kappa shape index (κ1) is 13.9. The van der Waals surface area contributed by atoms with Gasteiger partial charge in [-0.25, -0.2) is 0 Å². The number of carbonyl (C=O) groups excluding carboxylic acids is 1. The van der Waals surface area contributed by atoms with Crippen LogP contribution in [-0.2, 0) is 14.3 Å². The van der Waals surface area contributed by atoms with E-state index in [1.165, 1.54) is 0 Å². The highest BCUT2D eigenvalue weighted by Gasteiger charge is 2.43. The summed E-state index contributed by atoms with van der Waals surface area (Å²) in [6.45, 7) is 2.29. The van der Waals surface area contributed by atoms with E-state index in [-0.39, 0.29) is 11.8 Å². The Labute approximate surface area is 119 Å². The molecule has 1 heterocycles. The zero-order valence-corrected chi connectivity index (χ0v) is 11.8. The molecule has 5 nitrogen and oxygen atoms in total. The maximum Gasteiger partial charge on any atom is 0.307 e. The molecule has 1 N–H and O–H groups in total. The molecule has 1 saturated heterocycles. The fraction of sp³-hybridized carbons (Fsp3) is 0.867. The van der Waals surface area contributed by atoms with Gasteiger partial charge in [0.25, 0.3) is 0 Å². The van der Waals surface area contributed by atoms with Crippen molar-refractivity contribution in [2.24, 2.45) is 17.8 Å². The van der Waals surface area contributed by atoms with Crippen molar-refractivity contribution in [3.63, 3.8) is 0 Å². The van der Waals surface area contributed by atoms with Gasteiger partial charge in [0.05, 0.1) is 18.4 Å². The average Bonchev–Trinajstić information content (AvgIpc) is 2.95. The topological polar surface area (TPSA) is 66.8 Å². The summed E-state index contributed by atoms with van der Waals surface area (Å²) in [5.41, 5.74) is 0. The minimum atomic E-state index is -0.805. The molecule has 0 radical (unpaired) electrons. The van der Waals surface area contributed by atoms with Gasteiger partial charge in [0.2, 0.25) is 5.91 Å². The lowest BCUT2D eigenvalue weighted by atomic mass is 9.94. The standard InChI is InChI=1S/C15H23NO4/c17-14(12-2-1-3-13(12)15(18)19)16(11-4-5-11)8-10-6-7-20-9-10/h10-13H,1-9H2,(H,18,19). The lowest BCUT2D eigenvalue weighted by molar-refractivity contribution is -0.149. The molecule has 3 unspecified atom stereocenters. The van der Waals surface area contributed by atoms with E-state index in [4.69, 9.17) is 4.74 Å². The molecule has 1 amide bonds. The summed E-state index contributed by atoms with van der Waals surface area (Å²) in [6, 6.07) is 0.359. The minimum Gasteiger partial charge on any atom is -0.481 e. The summed E-state index contributed by atoms with van der Waals surface area (Å²) in [6.07, 6.45) is 5.41. The Balaban J connectivity index is 1.66. The Hall–Kier alpha value is -1.10. The van der Waals surface area contributed by atoms with Crippen LogP contribution < -0.4 is 0 Å². The number of carboxylic acid groups (broad SMARTS) is 1. The van der Waals surface area contributed by atoms with Crippen LogP contribution in [0.1, 0.15) is 38.5 Å². The van der Waals surface area contributed by atoms with Gasteiger partial charge in [-0.05, 0) is 32.1 Å². The number of aliphatic carboxylic acids is 1. The number of carbonyl (C=O) groups is 2. The van der Waals surface area contributed by atoms with E-state index in [1.54, 1.807) is 0 Å². The summed E-state index contributed by atoms with van der Waals surface area (Å²) < 4.78 is 5.39. The fourth-order valence-electron chi connectivity index (χ4n) is 3.57. The zero-order valence-electron chi connectivity index (χ0n) is 11.8. The molecule has 0 bridgehead atoms. The van der Waals surface area contributed by atoms with Gasteiger partial charge in [-0.15, -0.1) is 0 Å². The molecule has 0 aromatic heterocycles. The molecule has 2 saturated carbocycles. The van der Waals surface area contributed by atoms with E-state index < -0.39 is 11.9 Å². The maximum absolute atomic E-state index is 12.8. The smallest absolute Gasteiger partial charge is 0.307 e. The van der Waals surface area contributed by atoms with Crippen molar-refractivity contribution in [2.45, 2.75) is 44.6 Å². The van der Waals surface area contributed by atoms with Crippen molar-refractivity contribution < 1.29 is 19.4 Å². The Morgan fingerprint density at radius 1 is 1.10 bits per heavy atom. The molecule has 0 aromatic rings. The molecular formula is C15H23NO4. The van der Waals surface area contributed by atoms with Gasteiger partial charge in [0, 0.05) is 25.1 Å². The van der Waals surface area contributed by atoms with Crippen molar-refractivity contribution in [1.82, 2.24) is 4.90 Å². The molecule has 3 aliphatic rings. The van der Waals surface area contributed by atoms with Crippen LogP contribution in [0.15, 0.2) is 0 Å². The molecule has 3 atom stereocenters. The van der Waals surface area contributed by atoms with Gasteiger partial charge < -0.3 is 14.7 Å². The predicted molar refractivity (Wildman–Crippen MR) is 72.1 cm³/mol. The summed E-state index contributed by atoms with van der Waals surface area (Å²) in [7, 11) is 0. The first-order valence-electron chi connectivity index (χ1n) is 7.78. The molecule has 1 aliphatic heterocycles. The number of nitrogens with zero attached hydrogens (tertiary/aromatic N) is 1. The second-order valence-corrected chi connectivity index (χ2v) is 6.43. The Morgan fingerprint density at radius 2 is 1.85 bits per heavy atom.